The fourth-order valence-corrected chi connectivity index (χ4v) is 7.31. The van der Waals surface area contributed by atoms with Gasteiger partial charge in [-0.15, -0.1) is 49.6 Å². The van der Waals surface area contributed by atoms with Gasteiger partial charge in [-0.05, 0) is 73.2 Å². The Morgan fingerprint density at radius 1 is 0.884 bits per heavy atom. The fraction of sp³-hybridized carbons (Fsp3) is 0.404. The Balaban J connectivity index is 0.00000595. The van der Waals surface area contributed by atoms with Gasteiger partial charge in [0.2, 0.25) is 23.6 Å². The number of ether oxygens (including phenoxy) is 2. The monoisotopic (exact) mass is 1030 g/mol. The molecule has 69 heavy (non-hydrogen) atoms. The van der Waals surface area contributed by atoms with Gasteiger partial charge in [0.15, 0.2) is 5.82 Å². The standard InChI is InChI=1S/C47H59N11O7.4ClH/c1-27-35(26-53-41(54-27)30-8-11-32(12-9-30)47(3,4)5)43(60)56-36(15-16-48)46(63)58(6)40-31-10-14-39(65-22-19-51)34(25-31)33-23-29(7-13-38(33)64-21-18-50)24-37(44(61)52-20-17-49)57-42(59)28(2)55-45(40)62;;;;/h7-14,23,25-26,28,36-37,40H,15-16,18-22,24,48,50-51H2,1-6H3,(H,52,61)(H,55,62)(H,56,60)(H,57,59);4*1H/t28-,36-,37-,40-;;;;/m0..../s1. The largest absolute Gasteiger partial charge is 0.492 e. The molecule has 1 aromatic heterocycles. The number of nitrogens with zero attached hydrogens (tertiary/aromatic N) is 4. The Bertz CT molecular complexity index is 2430. The second-order valence-electron chi connectivity index (χ2n) is 16.7. The SMILES string of the molecule is Cc1nc(-c2ccc(C(C)(C)C)cc2)ncc1C(=O)N[C@@H](CCN)C(=O)N(C)[C@@H]1C(=O)N[C@@H](C)C(=O)N[C@H](C(=O)NCC#N)Cc2ccc(OCCN)c(c2)-c2cc1ccc2OCCN.Cl.Cl.Cl.Cl. The third-order valence-electron chi connectivity index (χ3n) is 10.8. The Kier molecular flexibility index (Phi) is 24.9. The number of carbonyl (C=O) groups excluding carboxylic acids is 5. The van der Waals surface area contributed by atoms with Crippen LogP contribution in [0.5, 0.6) is 11.5 Å². The van der Waals surface area contributed by atoms with Gasteiger partial charge in [-0.25, -0.2) is 9.97 Å². The van der Waals surface area contributed by atoms with Crippen molar-refractivity contribution in [2.24, 2.45) is 17.2 Å². The molecule has 3 aromatic carbocycles. The van der Waals surface area contributed by atoms with Crippen molar-refractivity contribution in [3.8, 4) is 40.1 Å². The predicted octanol–water partition coefficient (Wildman–Crippen LogP) is 3.61. The molecule has 0 saturated carbocycles. The minimum Gasteiger partial charge on any atom is -0.492 e. The summed E-state index contributed by atoms with van der Waals surface area (Å²) < 4.78 is 12.2. The van der Waals surface area contributed by atoms with Crippen LogP contribution in [-0.2, 0) is 31.0 Å². The molecule has 0 aliphatic carbocycles. The first kappa shape index (κ1) is 61.2. The first-order chi connectivity index (χ1) is 31.0. The van der Waals surface area contributed by atoms with E-state index in [0.717, 1.165) is 11.1 Å². The highest BCUT2D eigenvalue weighted by Gasteiger charge is 2.36. The Labute approximate surface area is 427 Å². The van der Waals surface area contributed by atoms with Crippen LogP contribution in [0.15, 0.2) is 66.9 Å². The number of fused-ring (bicyclic) bond motifs is 5. The number of halogens is 4. The molecular formula is C47H63Cl4N11O7. The van der Waals surface area contributed by atoms with E-state index in [-0.39, 0.29) is 113 Å². The third kappa shape index (κ3) is 15.6. The topological polar surface area (TPSA) is 283 Å². The van der Waals surface area contributed by atoms with Gasteiger partial charge >= 0.3 is 0 Å². The molecule has 0 radical (unpaired) electrons. The van der Waals surface area contributed by atoms with Crippen molar-refractivity contribution in [2.45, 2.75) is 77.0 Å². The highest BCUT2D eigenvalue weighted by atomic mass is 35.5. The minimum atomic E-state index is -1.40. The zero-order valence-electron chi connectivity index (χ0n) is 39.3. The maximum absolute atomic E-state index is 14.6. The molecular weight excluding hydrogens is 972 g/mol. The number of amides is 5. The Hall–Kier alpha value is -5.78. The van der Waals surface area contributed by atoms with Crippen molar-refractivity contribution in [2.75, 3.05) is 46.4 Å². The molecule has 1 aliphatic rings. The lowest BCUT2D eigenvalue weighted by Gasteiger charge is -2.32. The van der Waals surface area contributed by atoms with E-state index < -0.39 is 53.7 Å². The van der Waals surface area contributed by atoms with Crippen LogP contribution in [0.1, 0.15) is 72.9 Å². The molecule has 18 nitrogen and oxygen atoms in total. The number of nitriles is 1. The Morgan fingerprint density at radius 3 is 2.06 bits per heavy atom. The van der Waals surface area contributed by atoms with Crippen LogP contribution < -0.4 is 47.9 Å². The second-order valence-corrected chi connectivity index (χ2v) is 16.7. The number of nitrogens with two attached hydrogens (primary N) is 3. The van der Waals surface area contributed by atoms with E-state index in [1.807, 2.05) is 30.3 Å². The van der Waals surface area contributed by atoms with Crippen LogP contribution in [0.2, 0.25) is 0 Å². The van der Waals surface area contributed by atoms with Crippen LogP contribution in [0, 0.1) is 18.3 Å². The quantitative estimate of drug-likeness (QED) is 0.0840. The maximum atomic E-state index is 14.6. The lowest BCUT2D eigenvalue weighted by molar-refractivity contribution is -0.141. The van der Waals surface area contributed by atoms with Crippen molar-refractivity contribution >= 4 is 79.2 Å². The molecule has 5 amide bonds. The van der Waals surface area contributed by atoms with Crippen LogP contribution in [0.4, 0.5) is 0 Å². The van der Waals surface area contributed by atoms with Gasteiger partial charge in [-0.3, -0.25) is 24.0 Å². The molecule has 0 unspecified atom stereocenters. The summed E-state index contributed by atoms with van der Waals surface area (Å²) in [7, 11) is 1.41. The normalized spacial score (nSPS) is 15.7. The molecule has 4 aromatic rings. The summed E-state index contributed by atoms with van der Waals surface area (Å²) in [6, 6.07) is 14.9. The van der Waals surface area contributed by atoms with E-state index >= 15 is 0 Å². The van der Waals surface area contributed by atoms with Crippen molar-refractivity contribution in [3.63, 3.8) is 0 Å². The molecule has 2 heterocycles. The minimum absolute atomic E-state index is 0. The average Bonchev–Trinajstić information content (AvgIpc) is 3.28. The summed E-state index contributed by atoms with van der Waals surface area (Å²) in [5.74, 6) is -2.17. The highest BCUT2D eigenvalue weighted by molar-refractivity contribution is 6.00. The van der Waals surface area contributed by atoms with E-state index in [1.54, 1.807) is 43.3 Å². The molecule has 1 aliphatic heterocycles. The van der Waals surface area contributed by atoms with Gasteiger partial charge in [0.05, 0.1) is 17.3 Å². The van der Waals surface area contributed by atoms with Crippen molar-refractivity contribution in [1.29, 1.82) is 5.26 Å². The molecule has 0 saturated heterocycles. The zero-order chi connectivity index (χ0) is 47.4. The van der Waals surface area contributed by atoms with Crippen molar-refractivity contribution in [3.05, 3.63) is 94.8 Å². The number of hydrogen-bond acceptors (Lipinski definition) is 13. The molecule has 22 heteroatoms. The average molecular weight is 1040 g/mol. The number of carbonyl (C=O) groups is 5. The summed E-state index contributed by atoms with van der Waals surface area (Å²) in [6.45, 7) is 9.85. The van der Waals surface area contributed by atoms with Crippen molar-refractivity contribution in [1.82, 2.24) is 36.1 Å². The molecule has 4 bridgehead atoms. The summed E-state index contributed by atoms with van der Waals surface area (Å²) in [5.41, 5.74) is 21.9. The van der Waals surface area contributed by atoms with Gasteiger partial charge in [0.1, 0.15) is 55.4 Å². The molecule has 0 fully saturated rings. The second kappa shape index (κ2) is 28.0. The lowest BCUT2D eigenvalue weighted by atomic mass is 9.87. The first-order valence-corrected chi connectivity index (χ1v) is 21.4. The molecule has 376 valence electrons. The Morgan fingerprint density at radius 2 is 1.49 bits per heavy atom. The number of benzene rings is 3. The van der Waals surface area contributed by atoms with E-state index in [2.05, 4.69) is 52.0 Å². The van der Waals surface area contributed by atoms with Gasteiger partial charge in [-0.2, -0.15) is 5.26 Å². The van der Waals surface area contributed by atoms with E-state index in [1.165, 1.54) is 25.1 Å². The lowest BCUT2D eigenvalue weighted by Crippen LogP contribution is -2.56. The summed E-state index contributed by atoms with van der Waals surface area (Å²) in [4.78, 5) is 80.4. The number of hydrogen-bond donors (Lipinski definition) is 7. The summed E-state index contributed by atoms with van der Waals surface area (Å²) >= 11 is 0. The maximum Gasteiger partial charge on any atom is 0.255 e. The molecule has 5 rings (SSSR count). The number of aryl methyl sites for hydroxylation is 1. The summed E-state index contributed by atoms with van der Waals surface area (Å²) in [5, 5.41) is 19.9. The molecule has 4 atom stereocenters. The van der Waals surface area contributed by atoms with Gasteiger partial charge in [0.25, 0.3) is 5.91 Å². The zero-order valence-corrected chi connectivity index (χ0v) is 42.6. The van der Waals surface area contributed by atoms with Crippen LogP contribution in [0.25, 0.3) is 22.5 Å². The van der Waals surface area contributed by atoms with Crippen LogP contribution in [0.3, 0.4) is 0 Å². The fourth-order valence-electron chi connectivity index (χ4n) is 7.31. The van der Waals surface area contributed by atoms with Crippen LogP contribution in [-0.4, -0.2) is 109 Å². The van der Waals surface area contributed by atoms with E-state index in [4.69, 9.17) is 31.9 Å². The highest BCUT2D eigenvalue weighted by Crippen LogP contribution is 2.40. The van der Waals surface area contributed by atoms with E-state index in [0.29, 0.717) is 45.3 Å². The summed E-state index contributed by atoms with van der Waals surface area (Å²) in [6.07, 6.45) is 1.41. The molecule has 10 N–H and O–H groups in total. The van der Waals surface area contributed by atoms with Gasteiger partial charge in [-0.1, -0.05) is 57.2 Å². The first-order valence-electron chi connectivity index (χ1n) is 21.4. The van der Waals surface area contributed by atoms with Crippen LogP contribution >= 0.6 is 49.6 Å². The predicted molar refractivity (Wildman–Crippen MR) is 273 cm³/mol. The van der Waals surface area contributed by atoms with Gasteiger partial charge < -0.3 is 52.8 Å². The molecule has 0 spiro atoms. The third-order valence-corrected chi connectivity index (χ3v) is 10.8. The number of rotatable bonds is 15. The van der Waals surface area contributed by atoms with Gasteiger partial charge in [0, 0.05) is 49.4 Å². The number of likely N-dealkylation sites (N-methyl/N-ethyl adjacent to an activating group) is 1. The number of aromatic nitrogens is 2. The van der Waals surface area contributed by atoms with Crippen molar-refractivity contribution < 1.29 is 33.4 Å². The smallest absolute Gasteiger partial charge is 0.255 e. The van der Waals surface area contributed by atoms with E-state index in [9.17, 15) is 24.0 Å². The number of nitrogens with one attached hydrogen (secondary N) is 4.